The average molecular weight is 331 g/mol. The molecule has 0 bridgehead atoms. The highest BCUT2D eigenvalue weighted by Gasteiger charge is 2.63. The quantitative estimate of drug-likeness (QED) is 0.657. The summed E-state index contributed by atoms with van der Waals surface area (Å²) >= 11 is 0. The topological polar surface area (TPSA) is 37.3 Å². The first kappa shape index (κ1) is 17.8. The van der Waals surface area contributed by atoms with Crippen LogP contribution in [0.1, 0.15) is 72.6 Å². The number of hydrogen-bond acceptors (Lipinski definition) is 1. The van der Waals surface area contributed by atoms with Crippen LogP contribution < -0.4 is 0 Å². The van der Waals surface area contributed by atoms with Crippen molar-refractivity contribution >= 4 is 5.97 Å². The van der Waals surface area contributed by atoms with Gasteiger partial charge in [0.05, 0.1) is 0 Å². The Bertz CT molecular complexity index is 577. The van der Waals surface area contributed by atoms with E-state index in [1.54, 1.807) is 0 Å². The van der Waals surface area contributed by atoms with Crippen molar-refractivity contribution < 1.29 is 9.90 Å². The fraction of sp³-hybridized carbons (Fsp3) is 0.773. The van der Waals surface area contributed by atoms with Gasteiger partial charge in [0.15, 0.2) is 0 Å². The number of carboxylic acids is 1. The summed E-state index contributed by atoms with van der Waals surface area (Å²) in [6.07, 6.45) is 12.0. The predicted octanol–water partition coefficient (Wildman–Crippen LogP) is 5.84. The molecule has 2 heteroatoms. The summed E-state index contributed by atoms with van der Waals surface area (Å²) in [6, 6.07) is 0. The second kappa shape index (κ2) is 5.75. The Morgan fingerprint density at radius 2 is 1.92 bits per heavy atom. The van der Waals surface area contributed by atoms with Gasteiger partial charge in [0, 0.05) is 6.42 Å². The zero-order valence-electron chi connectivity index (χ0n) is 15.9. The van der Waals surface area contributed by atoms with Gasteiger partial charge in [-0.05, 0) is 79.4 Å². The Kier molecular flexibility index (Phi) is 4.25. The van der Waals surface area contributed by atoms with E-state index in [1.165, 1.54) is 37.7 Å². The Labute approximate surface area is 147 Å². The largest absolute Gasteiger partial charge is 0.481 e. The molecule has 2 nitrogen and oxygen atoms in total. The van der Waals surface area contributed by atoms with Gasteiger partial charge < -0.3 is 5.11 Å². The van der Waals surface area contributed by atoms with Crippen molar-refractivity contribution in [3.05, 3.63) is 24.3 Å². The van der Waals surface area contributed by atoms with Crippen LogP contribution in [-0.4, -0.2) is 11.1 Å². The standard InChI is InChI=1S/C22H34O2/c1-15(2)17-10-14-22(5)18(20(17,3)13-11-19(23)24)9-8-16-7-6-12-21(16,22)4/h6-7,16-18H,1,8-14H2,2-5H3,(H,23,24)/t16-,17-,18+,20-,21+,22+/m0/s1. The number of fused-ring (bicyclic) bond motifs is 3. The molecule has 1 N–H and O–H groups in total. The fourth-order valence-corrected chi connectivity index (χ4v) is 7.04. The molecule has 0 spiro atoms. The zero-order chi connectivity index (χ0) is 17.8. The van der Waals surface area contributed by atoms with E-state index >= 15 is 0 Å². The lowest BCUT2D eigenvalue weighted by atomic mass is 9.38. The van der Waals surface area contributed by atoms with Gasteiger partial charge in [-0.15, -0.1) is 0 Å². The van der Waals surface area contributed by atoms with Crippen LogP contribution in [0.4, 0.5) is 0 Å². The minimum Gasteiger partial charge on any atom is -0.481 e. The highest BCUT2D eigenvalue weighted by atomic mass is 16.4. The van der Waals surface area contributed by atoms with E-state index in [9.17, 15) is 9.90 Å². The summed E-state index contributed by atoms with van der Waals surface area (Å²) in [5, 5.41) is 9.31. The van der Waals surface area contributed by atoms with Gasteiger partial charge in [0.2, 0.25) is 0 Å². The maximum Gasteiger partial charge on any atom is 0.303 e. The molecule has 0 aromatic rings. The molecule has 0 aliphatic heterocycles. The summed E-state index contributed by atoms with van der Waals surface area (Å²) in [6.45, 7) is 13.8. The third kappa shape index (κ3) is 2.32. The Morgan fingerprint density at radius 1 is 1.21 bits per heavy atom. The van der Waals surface area contributed by atoms with Crippen molar-refractivity contribution in [3.63, 3.8) is 0 Å². The molecule has 0 heterocycles. The summed E-state index contributed by atoms with van der Waals surface area (Å²) in [7, 11) is 0. The molecule has 0 unspecified atom stereocenters. The summed E-state index contributed by atoms with van der Waals surface area (Å²) in [5.74, 6) is 1.11. The first-order chi connectivity index (χ1) is 11.1. The molecule has 0 saturated heterocycles. The molecule has 0 aromatic heterocycles. The maximum absolute atomic E-state index is 11.3. The molecule has 0 aromatic carbocycles. The molecule has 24 heavy (non-hydrogen) atoms. The lowest BCUT2D eigenvalue weighted by Crippen LogP contribution is -2.59. The number of allylic oxidation sites excluding steroid dienone is 3. The van der Waals surface area contributed by atoms with Gasteiger partial charge in [-0.25, -0.2) is 0 Å². The maximum atomic E-state index is 11.3. The highest BCUT2D eigenvalue weighted by molar-refractivity contribution is 5.66. The molecule has 3 rings (SSSR count). The molecule has 2 fully saturated rings. The number of aliphatic carboxylic acids is 1. The molecule has 0 radical (unpaired) electrons. The predicted molar refractivity (Wildman–Crippen MR) is 98.7 cm³/mol. The van der Waals surface area contributed by atoms with Crippen LogP contribution in [-0.2, 0) is 4.79 Å². The van der Waals surface area contributed by atoms with E-state index in [2.05, 4.69) is 46.4 Å². The Balaban J connectivity index is 2.00. The first-order valence-electron chi connectivity index (χ1n) is 9.69. The van der Waals surface area contributed by atoms with Crippen LogP contribution in [0, 0.1) is 34.0 Å². The van der Waals surface area contributed by atoms with E-state index in [0.29, 0.717) is 28.6 Å². The van der Waals surface area contributed by atoms with Gasteiger partial charge >= 0.3 is 5.97 Å². The van der Waals surface area contributed by atoms with Crippen LogP contribution >= 0.6 is 0 Å². The molecule has 6 atom stereocenters. The van der Waals surface area contributed by atoms with E-state index in [0.717, 1.165) is 6.42 Å². The minimum atomic E-state index is -0.661. The molecule has 3 aliphatic rings. The summed E-state index contributed by atoms with van der Waals surface area (Å²) < 4.78 is 0. The molecule has 0 amide bonds. The van der Waals surface area contributed by atoms with Crippen molar-refractivity contribution in [1.82, 2.24) is 0 Å². The molecular weight excluding hydrogens is 296 g/mol. The van der Waals surface area contributed by atoms with Gasteiger partial charge in [-0.3, -0.25) is 4.79 Å². The summed E-state index contributed by atoms with van der Waals surface area (Å²) in [5.41, 5.74) is 1.97. The van der Waals surface area contributed by atoms with E-state index in [1.807, 2.05) is 0 Å². The lowest BCUT2D eigenvalue weighted by Gasteiger charge is -2.66. The van der Waals surface area contributed by atoms with Crippen molar-refractivity contribution in [3.8, 4) is 0 Å². The first-order valence-corrected chi connectivity index (χ1v) is 9.69. The van der Waals surface area contributed by atoms with E-state index in [4.69, 9.17) is 0 Å². The molecular formula is C22H34O2. The van der Waals surface area contributed by atoms with Crippen LogP contribution in [0.15, 0.2) is 24.3 Å². The minimum absolute atomic E-state index is 0.0633. The van der Waals surface area contributed by atoms with Crippen LogP contribution in [0.25, 0.3) is 0 Å². The highest BCUT2D eigenvalue weighted by Crippen LogP contribution is 2.71. The fourth-order valence-electron chi connectivity index (χ4n) is 7.04. The second-order valence-corrected chi connectivity index (χ2v) is 9.54. The lowest BCUT2D eigenvalue weighted by molar-refractivity contribution is -0.162. The number of hydrogen-bond donors (Lipinski definition) is 1. The Hall–Kier alpha value is -1.05. The van der Waals surface area contributed by atoms with Crippen LogP contribution in [0.3, 0.4) is 0 Å². The van der Waals surface area contributed by atoms with Crippen LogP contribution in [0.5, 0.6) is 0 Å². The number of carbonyl (C=O) groups is 1. The van der Waals surface area contributed by atoms with Crippen molar-refractivity contribution in [1.29, 1.82) is 0 Å². The zero-order valence-corrected chi connectivity index (χ0v) is 15.9. The third-order valence-corrected chi connectivity index (χ3v) is 8.59. The third-order valence-electron chi connectivity index (χ3n) is 8.59. The van der Waals surface area contributed by atoms with Gasteiger partial charge in [-0.1, -0.05) is 45.1 Å². The van der Waals surface area contributed by atoms with Crippen LogP contribution in [0.2, 0.25) is 0 Å². The monoisotopic (exact) mass is 330 g/mol. The Morgan fingerprint density at radius 3 is 2.54 bits per heavy atom. The smallest absolute Gasteiger partial charge is 0.303 e. The molecule has 2 saturated carbocycles. The SMILES string of the molecule is C=C(C)[C@@H]1CC[C@]2(C)[C@H](CC[C@@H]3C=CC[C@]32C)[C@@]1(C)CCC(=O)O. The summed E-state index contributed by atoms with van der Waals surface area (Å²) in [4.78, 5) is 11.3. The van der Waals surface area contributed by atoms with Crippen molar-refractivity contribution in [2.45, 2.75) is 72.6 Å². The van der Waals surface area contributed by atoms with Crippen molar-refractivity contribution in [2.75, 3.05) is 0 Å². The normalized spacial score (nSPS) is 47.1. The van der Waals surface area contributed by atoms with E-state index < -0.39 is 5.97 Å². The average Bonchev–Trinajstić information content (AvgIpc) is 2.88. The second-order valence-electron chi connectivity index (χ2n) is 9.54. The number of rotatable bonds is 4. The molecule has 3 aliphatic carbocycles. The van der Waals surface area contributed by atoms with Gasteiger partial charge in [0.1, 0.15) is 0 Å². The number of carboxylic acid groups (broad SMARTS) is 1. The molecule has 134 valence electrons. The van der Waals surface area contributed by atoms with E-state index in [-0.39, 0.29) is 11.8 Å². The van der Waals surface area contributed by atoms with Gasteiger partial charge in [-0.2, -0.15) is 0 Å². The van der Waals surface area contributed by atoms with Crippen molar-refractivity contribution in [2.24, 2.45) is 34.0 Å². The van der Waals surface area contributed by atoms with Gasteiger partial charge in [0.25, 0.3) is 0 Å².